The van der Waals surface area contributed by atoms with Crippen LogP contribution in [0.4, 0.5) is 10.6 Å². The molecule has 1 heterocycles. The number of hydrogen-bond donors (Lipinski definition) is 4. The molecule has 0 saturated carbocycles. The molecule has 20 heavy (non-hydrogen) atoms. The maximum absolute atomic E-state index is 11.6. The fourth-order valence-corrected chi connectivity index (χ4v) is 2.01. The molecule has 0 saturated heterocycles. The van der Waals surface area contributed by atoms with Crippen LogP contribution in [0.1, 0.15) is 24.5 Å². The number of aliphatic carboxylic acids is 1. The highest BCUT2D eigenvalue weighted by Gasteiger charge is 2.30. The molecule has 1 aliphatic rings. The number of aliphatic hydroxyl groups is 1. The maximum Gasteiger partial charge on any atom is 0.337 e. The van der Waals surface area contributed by atoms with Gasteiger partial charge in [-0.2, -0.15) is 0 Å². The number of urea groups is 1. The zero-order chi connectivity index (χ0) is 14.8. The van der Waals surface area contributed by atoms with E-state index >= 15 is 0 Å². The lowest BCUT2D eigenvalue weighted by molar-refractivity contribution is -0.155. The number of amides is 2. The summed E-state index contributed by atoms with van der Waals surface area (Å²) in [7, 11) is 0. The molecule has 0 spiro atoms. The molecule has 0 aliphatic heterocycles. The summed E-state index contributed by atoms with van der Waals surface area (Å²) in [6, 6.07) is 1.22. The van der Waals surface area contributed by atoms with Crippen LogP contribution in [-0.4, -0.2) is 39.3 Å². The highest BCUT2D eigenvalue weighted by Crippen LogP contribution is 2.22. The van der Waals surface area contributed by atoms with Crippen LogP contribution in [-0.2, 0) is 17.6 Å². The molecular weight excluding hydrogens is 262 g/mol. The predicted molar refractivity (Wildman–Crippen MR) is 71.5 cm³/mol. The SMILES string of the molecule is CC(O)(CNC(=O)Nc1cc2c(cn1)CCC2)C(=O)O. The van der Waals surface area contributed by atoms with Gasteiger partial charge in [0.1, 0.15) is 5.82 Å². The van der Waals surface area contributed by atoms with E-state index in [9.17, 15) is 14.7 Å². The Bertz CT molecular complexity index is 542. The second kappa shape index (κ2) is 5.46. The summed E-state index contributed by atoms with van der Waals surface area (Å²) in [4.78, 5) is 26.4. The Kier molecular flexibility index (Phi) is 3.89. The highest BCUT2D eigenvalue weighted by atomic mass is 16.4. The van der Waals surface area contributed by atoms with Crippen LogP contribution in [0, 0.1) is 0 Å². The molecule has 0 fully saturated rings. The van der Waals surface area contributed by atoms with Crippen molar-refractivity contribution in [2.75, 3.05) is 11.9 Å². The fourth-order valence-electron chi connectivity index (χ4n) is 2.01. The van der Waals surface area contributed by atoms with Crippen molar-refractivity contribution < 1.29 is 19.8 Å². The van der Waals surface area contributed by atoms with E-state index in [1.165, 1.54) is 11.1 Å². The molecule has 4 N–H and O–H groups in total. The largest absolute Gasteiger partial charge is 0.479 e. The molecule has 0 radical (unpaired) electrons. The van der Waals surface area contributed by atoms with Crippen molar-refractivity contribution in [3.8, 4) is 0 Å². The van der Waals surface area contributed by atoms with Crippen LogP contribution in [0.25, 0.3) is 0 Å². The van der Waals surface area contributed by atoms with Crippen molar-refractivity contribution in [3.05, 3.63) is 23.4 Å². The Hall–Kier alpha value is -2.15. The van der Waals surface area contributed by atoms with Crippen molar-refractivity contribution in [2.45, 2.75) is 31.8 Å². The zero-order valence-electron chi connectivity index (χ0n) is 11.1. The molecule has 0 bridgehead atoms. The minimum Gasteiger partial charge on any atom is -0.479 e. The van der Waals surface area contributed by atoms with Crippen molar-refractivity contribution in [1.82, 2.24) is 10.3 Å². The lowest BCUT2D eigenvalue weighted by Gasteiger charge is -2.18. The zero-order valence-corrected chi connectivity index (χ0v) is 11.1. The van der Waals surface area contributed by atoms with Gasteiger partial charge in [0, 0.05) is 6.20 Å². The first kappa shape index (κ1) is 14.3. The van der Waals surface area contributed by atoms with Crippen LogP contribution < -0.4 is 10.6 Å². The van der Waals surface area contributed by atoms with E-state index in [0.717, 1.165) is 26.2 Å². The number of fused-ring (bicyclic) bond motifs is 1. The number of aryl methyl sites for hydroxylation is 2. The Balaban J connectivity index is 1.90. The lowest BCUT2D eigenvalue weighted by Crippen LogP contribution is -2.47. The van der Waals surface area contributed by atoms with Gasteiger partial charge in [-0.15, -0.1) is 0 Å². The molecular formula is C13H17N3O4. The monoisotopic (exact) mass is 279 g/mol. The third kappa shape index (κ3) is 3.24. The summed E-state index contributed by atoms with van der Waals surface area (Å²) >= 11 is 0. The van der Waals surface area contributed by atoms with Crippen LogP contribution in [0.2, 0.25) is 0 Å². The molecule has 7 nitrogen and oxygen atoms in total. The standard InChI is InChI=1S/C13H17N3O4/c1-13(20,11(17)18)7-15-12(19)16-10-5-8-3-2-4-9(8)6-14-10/h5-6,20H,2-4,7H2,1H3,(H,17,18)(H2,14,15,16,19). The average molecular weight is 279 g/mol. The molecule has 1 aliphatic carbocycles. The van der Waals surface area contributed by atoms with Gasteiger partial charge < -0.3 is 15.5 Å². The quantitative estimate of drug-likeness (QED) is 0.642. The average Bonchev–Trinajstić information content (AvgIpc) is 2.83. The number of carboxylic acids is 1. The number of carbonyl (C=O) groups is 2. The summed E-state index contributed by atoms with van der Waals surface area (Å²) in [5.41, 5.74) is 0.375. The van der Waals surface area contributed by atoms with E-state index in [-0.39, 0.29) is 6.54 Å². The third-order valence-electron chi connectivity index (χ3n) is 3.27. The Morgan fingerprint density at radius 1 is 1.40 bits per heavy atom. The van der Waals surface area contributed by atoms with Crippen molar-refractivity contribution in [3.63, 3.8) is 0 Å². The van der Waals surface area contributed by atoms with E-state index in [0.29, 0.717) is 5.82 Å². The minimum absolute atomic E-state index is 0.390. The normalized spacial score (nSPS) is 16.1. The van der Waals surface area contributed by atoms with E-state index in [1.807, 2.05) is 6.07 Å². The molecule has 1 aromatic heterocycles. The summed E-state index contributed by atoms with van der Waals surface area (Å²) < 4.78 is 0. The maximum atomic E-state index is 11.6. The Morgan fingerprint density at radius 3 is 2.80 bits per heavy atom. The van der Waals surface area contributed by atoms with Gasteiger partial charge in [-0.05, 0) is 43.4 Å². The summed E-state index contributed by atoms with van der Waals surface area (Å²) in [5.74, 6) is -0.980. The second-order valence-electron chi connectivity index (χ2n) is 5.08. The van der Waals surface area contributed by atoms with Gasteiger partial charge in [-0.25, -0.2) is 14.6 Å². The van der Waals surface area contributed by atoms with Gasteiger partial charge in [0.05, 0.1) is 6.54 Å². The number of carboxylic acid groups (broad SMARTS) is 1. The highest BCUT2D eigenvalue weighted by molar-refractivity contribution is 5.89. The number of nitrogens with one attached hydrogen (secondary N) is 2. The first-order valence-corrected chi connectivity index (χ1v) is 6.37. The molecule has 1 unspecified atom stereocenters. The van der Waals surface area contributed by atoms with Gasteiger partial charge in [0.2, 0.25) is 0 Å². The number of hydrogen-bond acceptors (Lipinski definition) is 4. The van der Waals surface area contributed by atoms with E-state index in [1.54, 1.807) is 6.20 Å². The van der Waals surface area contributed by atoms with Crippen LogP contribution in [0.5, 0.6) is 0 Å². The number of rotatable bonds is 4. The first-order chi connectivity index (χ1) is 9.38. The first-order valence-electron chi connectivity index (χ1n) is 6.37. The number of pyridine rings is 1. The smallest absolute Gasteiger partial charge is 0.337 e. The topological polar surface area (TPSA) is 112 Å². The summed E-state index contributed by atoms with van der Waals surface area (Å²) in [6.07, 6.45) is 4.82. The lowest BCUT2D eigenvalue weighted by atomic mass is 10.1. The van der Waals surface area contributed by atoms with Gasteiger partial charge in [-0.3, -0.25) is 5.32 Å². The van der Waals surface area contributed by atoms with E-state index in [4.69, 9.17) is 5.11 Å². The Labute approximate surface area is 116 Å². The van der Waals surface area contributed by atoms with Gasteiger partial charge >= 0.3 is 12.0 Å². The summed E-state index contributed by atoms with van der Waals surface area (Å²) in [5, 5.41) is 23.0. The minimum atomic E-state index is -2.00. The van der Waals surface area contributed by atoms with Crippen molar-refractivity contribution in [1.29, 1.82) is 0 Å². The van der Waals surface area contributed by atoms with Gasteiger partial charge in [-0.1, -0.05) is 0 Å². The van der Waals surface area contributed by atoms with Crippen LogP contribution in [0.15, 0.2) is 12.3 Å². The molecule has 7 heteroatoms. The molecule has 2 rings (SSSR count). The van der Waals surface area contributed by atoms with E-state index < -0.39 is 17.6 Å². The summed E-state index contributed by atoms with van der Waals surface area (Å²) in [6.45, 7) is 0.725. The molecule has 0 aromatic carbocycles. The molecule has 108 valence electrons. The predicted octanol–water partition coefficient (Wildman–Crippen LogP) is 0.527. The van der Waals surface area contributed by atoms with Crippen molar-refractivity contribution in [2.24, 2.45) is 0 Å². The molecule has 1 aromatic rings. The van der Waals surface area contributed by atoms with Crippen LogP contribution >= 0.6 is 0 Å². The molecule has 2 amide bonds. The fraction of sp³-hybridized carbons (Fsp3) is 0.462. The second-order valence-corrected chi connectivity index (χ2v) is 5.08. The van der Waals surface area contributed by atoms with Gasteiger partial charge in [0.15, 0.2) is 5.60 Å². The van der Waals surface area contributed by atoms with Gasteiger partial charge in [0.25, 0.3) is 0 Å². The van der Waals surface area contributed by atoms with Crippen molar-refractivity contribution >= 4 is 17.8 Å². The number of anilines is 1. The third-order valence-corrected chi connectivity index (χ3v) is 3.27. The van der Waals surface area contributed by atoms with Crippen LogP contribution in [0.3, 0.4) is 0 Å². The number of carbonyl (C=O) groups excluding carboxylic acids is 1. The number of nitrogens with zero attached hydrogens (tertiary/aromatic N) is 1. The number of aromatic nitrogens is 1. The Morgan fingerprint density at radius 2 is 2.10 bits per heavy atom. The molecule has 1 atom stereocenters. The van der Waals surface area contributed by atoms with E-state index in [2.05, 4.69) is 15.6 Å².